The van der Waals surface area contributed by atoms with Gasteiger partial charge >= 0.3 is 5.97 Å². The van der Waals surface area contributed by atoms with E-state index < -0.39 is 27.6 Å². The normalized spacial score (nSPS) is 26.1. The van der Waals surface area contributed by atoms with Crippen molar-refractivity contribution in [3.05, 3.63) is 29.8 Å². The average Bonchev–Trinajstić information content (AvgIpc) is 2.86. The van der Waals surface area contributed by atoms with Gasteiger partial charge in [-0.25, -0.2) is 8.42 Å². The topological polar surface area (TPSA) is 83.9 Å². The zero-order valence-electron chi connectivity index (χ0n) is 12.3. The Bertz CT molecular complexity index is 660. The number of alkyl halides is 1. The highest BCUT2D eigenvalue weighted by molar-refractivity contribution is 14.1. The molecule has 1 aliphatic heterocycles. The van der Waals surface area contributed by atoms with Gasteiger partial charge in [0, 0.05) is 17.4 Å². The molecule has 1 saturated heterocycles. The molecule has 1 aromatic carbocycles. The Kier molecular flexibility index (Phi) is 5.15. The van der Waals surface area contributed by atoms with E-state index in [4.69, 9.17) is 4.74 Å². The Labute approximate surface area is 143 Å². The second kappa shape index (κ2) is 6.42. The van der Waals surface area contributed by atoms with Crippen molar-refractivity contribution in [1.82, 2.24) is 4.31 Å². The molecule has 2 atom stereocenters. The Morgan fingerprint density at radius 2 is 2.05 bits per heavy atom. The average molecular weight is 439 g/mol. The Morgan fingerprint density at radius 3 is 2.55 bits per heavy atom. The number of methoxy groups -OCH3 is 1. The molecule has 2 unspecified atom stereocenters. The molecular weight excluding hydrogens is 421 g/mol. The molecule has 8 heteroatoms. The summed E-state index contributed by atoms with van der Waals surface area (Å²) in [7, 11) is -2.66. The number of β-amino-alcohol motifs (C(OH)–C–C–N with tert-alkyl or cyclic N) is 1. The summed E-state index contributed by atoms with van der Waals surface area (Å²) in [5.41, 5.74) is -0.286. The number of rotatable bonds is 4. The number of sulfonamides is 1. The number of halogens is 1. The highest BCUT2D eigenvalue weighted by Gasteiger charge is 2.51. The summed E-state index contributed by atoms with van der Waals surface area (Å²) < 4.78 is 31.6. The number of benzene rings is 1. The molecule has 1 heterocycles. The minimum atomic E-state index is -3.87. The number of esters is 1. The van der Waals surface area contributed by atoms with E-state index in [1.807, 2.05) is 29.5 Å². The summed E-state index contributed by atoms with van der Waals surface area (Å²) in [6.45, 7) is 1.74. The second-order valence-electron chi connectivity index (χ2n) is 5.46. The van der Waals surface area contributed by atoms with Crippen LogP contribution in [0.15, 0.2) is 29.2 Å². The lowest BCUT2D eigenvalue weighted by Crippen LogP contribution is -2.41. The molecule has 1 aliphatic rings. The fraction of sp³-hybridized carbons (Fsp3) is 0.500. The SMILES string of the molecule is COC(=O)C1CC(O)(CI)CN1S(=O)(=O)c1ccc(C)cc1. The quantitative estimate of drug-likeness (QED) is 0.432. The number of aryl methyl sites for hydroxylation is 1. The van der Waals surface area contributed by atoms with Crippen molar-refractivity contribution in [3.8, 4) is 0 Å². The maximum Gasteiger partial charge on any atom is 0.324 e. The van der Waals surface area contributed by atoms with E-state index in [-0.39, 0.29) is 17.9 Å². The summed E-state index contributed by atoms with van der Waals surface area (Å²) in [6, 6.07) is 5.39. The van der Waals surface area contributed by atoms with Gasteiger partial charge in [-0.3, -0.25) is 4.79 Å². The van der Waals surface area contributed by atoms with E-state index in [1.54, 1.807) is 12.1 Å². The van der Waals surface area contributed by atoms with Gasteiger partial charge < -0.3 is 9.84 Å². The van der Waals surface area contributed by atoms with Crippen LogP contribution < -0.4 is 0 Å². The molecule has 0 aromatic heterocycles. The van der Waals surface area contributed by atoms with Crippen LogP contribution in [0.5, 0.6) is 0 Å². The minimum absolute atomic E-state index is 0.0354. The van der Waals surface area contributed by atoms with Crippen molar-refractivity contribution in [2.24, 2.45) is 0 Å². The number of hydrogen-bond donors (Lipinski definition) is 1. The first kappa shape index (κ1) is 17.6. The lowest BCUT2D eigenvalue weighted by atomic mass is 10.0. The monoisotopic (exact) mass is 439 g/mol. The van der Waals surface area contributed by atoms with Gasteiger partial charge in [-0.1, -0.05) is 40.3 Å². The van der Waals surface area contributed by atoms with Crippen LogP contribution in [0.4, 0.5) is 0 Å². The van der Waals surface area contributed by atoms with E-state index in [2.05, 4.69) is 0 Å². The van der Waals surface area contributed by atoms with Gasteiger partial charge in [0.25, 0.3) is 0 Å². The molecule has 22 heavy (non-hydrogen) atoms. The van der Waals surface area contributed by atoms with Crippen LogP contribution >= 0.6 is 22.6 Å². The van der Waals surface area contributed by atoms with Crippen molar-refractivity contribution < 1.29 is 23.1 Å². The molecule has 0 radical (unpaired) electrons. The highest BCUT2D eigenvalue weighted by Crippen LogP contribution is 2.34. The third-order valence-corrected chi connectivity index (χ3v) is 7.01. The van der Waals surface area contributed by atoms with Crippen molar-refractivity contribution in [3.63, 3.8) is 0 Å². The van der Waals surface area contributed by atoms with E-state index >= 15 is 0 Å². The van der Waals surface area contributed by atoms with Gasteiger partial charge in [0.15, 0.2) is 0 Å². The number of aliphatic hydroxyl groups is 1. The van der Waals surface area contributed by atoms with Gasteiger partial charge in [0.05, 0.1) is 17.6 Å². The minimum Gasteiger partial charge on any atom is -0.468 e. The van der Waals surface area contributed by atoms with Crippen molar-refractivity contribution in [2.45, 2.75) is 29.9 Å². The van der Waals surface area contributed by atoms with Gasteiger partial charge in [-0.15, -0.1) is 0 Å². The van der Waals surface area contributed by atoms with Crippen LogP contribution in [-0.2, 0) is 19.6 Å². The van der Waals surface area contributed by atoms with E-state index in [9.17, 15) is 18.3 Å². The van der Waals surface area contributed by atoms with Crippen LogP contribution in [-0.4, -0.2) is 53.5 Å². The Hall–Kier alpha value is -0.710. The second-order valence-corrected chi connectivity index (χ2v) is 8.12. The number of carbonyl (C=O) groups excluding carboxylic acids is 1. The molecule has 0 aliphatic carbocycles. The Morgan fingerprint density at radius 1 is 1.45 bits per heavy atom. The molecule has 0 saturated carbocycles. The number of nitrogens with zero attached hydrogens (tertiary/aromatic N) is 1. The first-order valence-electron chi connectivity index (χ1n) is 6.68. The summed E-state index contributed by atoms with van der Waals surface area (Å²) in [4.78, 5) is 12.0. The molecule has 6 nitrogen and oxygen atoms in total. The summed E-state index contributed by atoms with van der Waals surface area (Å²) in [5.74, 6) is -0.656. The highest BCUT2D eigenvalue weighted by atomic mass is 127. The van der Waals surface area contributed by atoms with E-state index in [1.165, 1.54) is 19.2 Å². The van der Waals surface area contributed by atoms with Gasteiger partial charge in [-0.2, -0.15) is 4.31 Å². The van der Waals surface area contributed by atoms with Crippen molar-refractivity contribution in [2.75, 3.05) is 18.1 Å². The van der Waals surface area contributed by atoms with E-state index in [0.717, 1.165) is 9.87 Å². The first-order valence-corrected chi connectivity index (χ1v) is 9.65. The van der Waals surface area contributed by atoms with Crippen LogP contribution in [0.2, 0.25) is 0 Å². The van der Waals surface area contributed by atoms with Crippen molar-refractivity contribution >= 4 is 38.6 Å². The smallest absolute Gasteiger partial charge is 0.324 e. The lowest BCUT2D eigenvalue weighted by Gasteiger charge is -2.22. The summed E-state index contributed by atoms with van der Waals surface area (Å²) in [5, 5.41) is 10.4. The summed E-state index contributed by atoms with van der Waals surface area (Å²) >= 11 is 1.99. The number of ether oxygens (including phenoxy) is 1. The third-order valence-electron chi connectivity index (χ3n) is 3.72. The molecule has 122 valence electrons. The molecule has 0 spiro atoms. The maximum absolute atomic E-state index is 12.8. The summed E-state index contributed by atoms with van der Waals surface area (Å²) in [6.07, 6.45) is 0.0354. The van der Waals surface area contributed by atoms with Gasteiger partial charge in [-0.05, 0) is 19.1 Å². The molecule has 1 N–H and O–H groups in total. The van der Waals surface area contributed by atoms with Crippen LogP contribution in [0, 0.1) is 6.92 Å². The molecule has 1 fully saturated rings. The van der Waals surface area contributed by atoms with Gasteiger partial charge in [0.1, 0.15) is 6.04 Å². The van der Waals surface area contributed by atoms with E-state index in [0.29, 0.717) is 4.43 Å². The van der Waals surface area contributed by atoms with Crippen LogP contribution in [0.25, 0.3) is 0 Å². The predicted molar refractivity (Wildman–Crippen MR) is 89.3 cm³/mol. The molecular formula is C14H18INO5S. The first-order chi connectivity index (χ1) is 10.2. The van der Waals surface area contributed by atoms with Crippen LogP contribution in [0.3, 0.4) is 0 Å². The maximum atomic E-state index is 12.8. The number of hydrogen-bond acceptors (Lipinski definition) is 5. The fourth-order valence-electron chi connectivity index (χ4n) is 2.46. The fourth-order valence-corrected chi connectivity index (χ4v) is 4.67. The molecule has 2 rings (SSSR count). The molecule has 0 bridgehead atoms. The lowest BCUT2D eigenvalue weighted by molar-refractivity contribution is -0.144. The Balaban J connectivity index is 2.42. The standard InChI is InChI=1S/C14H18INO5S/c1-10-3-5-11(6-4-10)22(19,20)16-9-14(18,8-15)7-12(16)13(17)21-2/h3-6,12,18H,7-9H2,1-2H3. The number of carbonyl (C=O) groups is 1. The molecule has 1 aromatic rings. The van der Waals surface area contributed by atoms with Gasteiger partial charge in [0.2, 0.25) is 10.0 Å². The predicted octanol–water partition coefficient (Wildman–Crippen LogP) is 1.10. The largest absolute Gasteiger partial charge is 0.468 e. The third kappa shape index (κ3) is 3.29. The zero-order valence-corrected chi connectivity index (χ0v) is 15.3. The van der Waals surface area contributed by atoms with Crippen molar-refractivity contribution in [1.29, 1.82) is 0 Å². The van der Waals surface area contributed by atoms with Crippen LogP contribution in [0.1, 0.15) is 12.0 Å². The molecule has 0 amide bonds. The zero-order chi connectivity index (χ0) is 16.5.